The number of nitrogens with zero attached hydrogens (tertiary/aromatic N) is 2. The maximum absolute atomic E-state index is 13.6. The highest BCUT2D eigenvalue weighted by Gasteiger charge is 2.54. The maximum Gasteiger partial charge on any atom is 0.254 e. The summed E-state index contributed by atoms with van der Waals surface area (Å²) in [5, 5.41) is 13.1. The van der Waals surface area contributed by atoms with Gasteiger partial charge in [0.25, 0.3) is 5.91 Å². The Bertz CT molecular complexity index is 1200. The van der Waals surface area contributed by atoms with Crippen LogP contribution in [0.15, 0.2) is 97.1 Å². The van der Waals surface area contributed by atoms with Gasteiger partial charge in [-0.1, -0.05) is 72.8 Å². The number of fused-ring (bicyclic) bond motifs is 1. The van der Waals surface area contributed by atoms with Crippen LogP contribution >= 0.6 is 0 Å². The van der Waals surface area contributed by atoms with Crippen LogP contribution in [0.5, 0.6) is 0 Å². The van der Waals surface area contributed by atoms with Gasteiger partial charge in [-0.2, -0.15) is 0 Å². The molecule has 0 saturated carbocycles. The molecular weight excluding hydrogens is 414 g/mol. The first-order valence-corrected chi connectivity index (χ1v) is 11.0. The maximum atomic E-state index is 13.6. The van der Waals surface area contributed by atoms with Crippen molar-refractivity contribution in [2.24, 2.45) is 5.92 Å². The molecule has 5 rings (SSSR count). The van der Waals surface area contributed by atoms with Crippen molar-refractivity contribution in [3.8, 4) is 0 Å². The number of carbonyl (C=O) groups excluding carboxylic acids is 2. The molecule has 3 aromatic rings. The molecule has 4 unspecified atom stereocenters. The van der Waals surface area contributed by atoms with Crippen LogP contribution in [0.3, 0.4) is 0 Å². The molecule has 0 spiro atoms. The minimum Gasteiger partial charge on any atom is -0.386 e. The second kappa shape index (κ2) is 8.65. The van der Waals surface area contributed by atoms with E-state index in [0.717, 1.165) is 16.8 Å². The number of hydrogen-bond acceptors (Lipinski definition) is 5. The number of benzene rings is 3. The molecule has 0 aliphatic carbocycles. The molecule has 2 heterocycles. The average molecular weight is 440 g/mol. The molecule has 1 saturated heterocycles. The first-order valence-electron chi connectivity index (χ1n) is 11.0. The Balaban J connectivity index is 1.56. The molecule has 0 bridgehead atoms. The molecular formula is C27H25N3O3. The Morgan fingerprint density at radius 1 is 0.818 bits per heavy atom. The zero-order valence-electron chi connectivity index (χ0n) is 18.2. The zero-order chi connectivity index (χ0) is 22.9. The van der Waals surface area contributed by atoms with Gasteiger partial charge in [-0.25, -0.2) is 9.91 Å². The summed E-state index contributed by atoms with van der Waals surface area (Å²) in [5.41, 5.74) is 6.37. The van der Waals surface area contributed by atoms with Crippen molar-refractivity contribution < 1.29 is 14.7 Å². The Labute approximate surface area is 192 Å². The van der Waals surface area contributed by atoms with Crippen LogP contribution in [0.2, 0.25) is 0 Å². The van der Waals surface area contributed by atoms with E-state index in [1.807, 2.05) is 73.7 Å². The van der Waals surface area contributed by atoms with Gasteiger partial charge in [0.2, 0.25) is 5.91 Å². The van der Waals surface area contributed by atoms with E-state index in [0.29, 0.717) is 5.69 Å². The first-order chi connectivity index (χ1) is 16.1. The number of imide groups is 1. The lowest BCUT2D eigenvalue weighted by molar-refractivity contribution is -0.123. The largest absolute Gasteiger partial charge is 0.386 e. The number of aliphatic hydroxyl groups is 1. The molecule has 0 aromatic heterocycles. The number of para-hydroxylation sites is 2. The third-order valence-electron chi connectivity index (χ3n) is 6.33. The number of rotatable bonds is 5. The number of hydrazine groups is 1. The number of aliphatic hydroxyl groups excluding tert-OH is 1. The smallest absolute Gasteiger partial charge is 0.254 e. The van der Waals surface area contributed by atoms with E-state index < -0.39 is 24.1 Å². The summed E-state index contributed by atoms with van der Waals surface area (Å²) in [6.07, 6.45) is 2.70. The Kier molecular flexibility index (Phi) is 5.54. The molecule has 6 nitrogen and oxygen atoms in total. The van der Waals surface area contributed by atoms with Gasteiger partial charge in [0.1, 0.15) is 12.1 Å². The third-order valence-corrected chi connectivity index (χ3v) is 6.33. The summed E-state index contributed by atoms with van der Waals surface area (Å²) in [7, 11) is 0. The van der Waals surface area contributed by atoms with Gasteiger partial charge in [-0.05, 0) is 42.3 Å². The number of aryl methyl sites for hydroxylation is 1. The molecule has 3 aromatic carbocycles. The van der Waals surface area contributed by atoms with Crippen molar-refractivity contribution in [1.82, 2.24) is 5.01 Å². The second-order valence-electron chi connectivity index (χ2n) is 8.38. The Hall–Kier alpha value is -3.74. The van der Waals surface area contributed by atoms with E-state index in [1.54, 1.807) is 35.4 Å². The lowest BCUT2D eigenvalue weighted by Crippen LogP contribution is -2.55. The summed E-state index contributed by atoms with van der Waals surface area (Å²) in [5.74, 6) is -1.23. The molecule has 1 fully saturated rings. The van der Waals surface area contributed by atoms with Crippen molar-refractivity contribution in [1.29, 1.82) is 0 Å². The van der Waals surface area contributed by atoms with Crippen LogP contribution in [0, 0.1) is 12.8 Å². The van der Waals surface area contributed by atoms with E-state index in [1.165, 1.54) is 4.90 Å². The molecule has 2 N–H and O–H groups in total. The van der Waals surface area contributed by atoms with Crippen LogP contribution in [0.25, 0.3) is 0 Å². The van der Waals surface area contributed by atoms with Gasteiger partial charge >= 0.3 is 0 Å². The van der Waals surface area contributed by atoms with E-state index >= 15 is 0 Å². The van der Waals surface area contributed by atoms with Crippen LogP contribution in [0.1, 0.15) is 17.2 Å². The monoisotopic (exact) mass is 439 g/mol. The van der Waals surface area contributed by atoms with Gasteiger partial charge in [0.15, 0.2) is 0 Å². The van der Waals surface area contributed by atoms with Gasteiger partial charge in [0, 0.05) is 5.69 Å². The standard InChI is InChI=1S/C27H25N3O3/c1-18-10-8-9-15-21(18)25(31)23-17-16-22-24(30(23)28-19-11-4-2-5-12-19)27(33)29(26(22)32)20-13-6-3-7-14-20/h2-17,22-25,28,31H,1H3. The highest BCUT2D eigenvalue weighted by atomic mass is 16.3. The zero-order valence-corrected chi connectivity index (χ0v) is 18.2. The molecule has 2 amide bonds. The lowest BCUT2D eigenvalue weighted by atomic mass is 9.89. The highest BCUT2D eigenvalue weighted by molar-refractivity contribution is 6.24. The van der Waals surface area contributed by atoms with Crippen molar-refractivity contribution in [3.63, 3.8) is 0 Å². The Morgan fingerprint density at radius 2 is 1.45 bits per heavy atom. The topological polar surface area (TPSA) is 72.9 Å². The molecule has 6 heteroatoms. The fourth-order valence-electron chi connectivity index (χ4n) is 4.67. The van der Waals surface area contributed by atoms with Gasteiger partial charge < -0.3 is 10.5 Å². The highest BCUT2D eigenvalue weighted by Crippen LogP contribution is 2.38. The summed E-state index contributed by atoms with van der Waals surface area (Å²) in [6, 6.07) is 24.7. The molecule has 2 aliphatic rings. The fourth-order valence-corrected chi connectivity index (χ4v) is 4.67. The number of amides is 2. The number of nitrogens with one attached hydrogen (secondary N) is 1. The normalized spacial score (nSPS) is 23.5. The number of anilines is 2. The predicted molar refractivity (Wildman–Crippen MR) is 127 cm³/mol. The molecule has 2 aliphatic heterocycles. The van der Waals surface area contributed by atoms with E-state index in [9.17, 15) is 14.7 Å². The van der Waals surface area contributed by atoms with E-state index in [4.69, 9.17) is 0 Å². The van der Waals surface area contributed by atoms with Crippen LogP contribution in [0.4, 0.5) is 11.4 Å². The van der Waals surface area contributed by atoms with E-state index in [2.05, 4.69) is 5.43 Å². The van der Waals surface area contributed by atoms with Gasteiger partial charge in [-0.3, -0.25) is 9.59 Å². The van der Waals surface area contributed by atoms with Crippen molar-refractivity contribution >= 4 is 23.2 Å². The SMILES string of the molecule is Cc1ccccc1C(O)C1C=CC2C(=O)N(c3ccccc3)C(=O)C2N1Nc1ccccc1. The minimum atomic E-state index is -0.895. The summed E-state index contributed by atoms with van der Waals surface area (Å²) in [4.78, 5) is 28.2. The fraction of sp³-hybridized carbons (Fsp3) is 0.185. The third kappa shape index (κ3) is 3.73. The molecule has 0 radical (unpaired) electrons. The van der Waals surface area contributed by atoms with Gasteiger partial charge in [0.05, 0.1) is 17.6 Å². The quantitative estimate of drug-likeness (QED) is 0.467. The van der Waals surface area contributed by atoms with Crippen LogP contribution in [-0.2, 0) is 9.59 Å². The van der Waals surface area contributed by atoms with Crippen molar-refractivity contribution in [2.75, 3.05) is 10.3 Å². The predicted octanol–water partition coefficient (Wildman–Crippen LogP) is 3.85. The number of hydrogen-bond donors (Lipinski definition) is 2. The van der Waals surface area contributed by atoms with Crippen LogP contribution < -0.4 is 10.3 Å². The summed E-state index contributed by atoms with van der Waals surface area (Å²) < 4.78 is 0. The lowest BCUT2D eigenvalue weighted by Gasteiger charge is -2.41. The number of carbonyl (C=O) groups is 2. The van der Waals surface area contributed by atoms with Crippen LogP contribution in [-0.4, -0.2) is 34.0 Å². The van der Waals surface area contributed by atoms with Gasteiger partial charge in [-0.15, -0.1) is 0 Å². The average Bonchev–Trinajstić information content (AvgIpc) is 3.10. The Morgan fingerprint density at radius 3 is 2.15 bits per heavy atom. The molecule has 166 valence electrons. The van der Waals surface area contributed by atoms with E-state index in [-0.39, 0.29) is 11.8 Å². The first kappa shape index (κ1) is 21.1. The summed E-state index contributed by atoms with van der Waals surface area (Å²) >= 11 is 0. The molecule has 33 heavy (non-hydrogen) atoms. The van der Waals surface area contributed by atoms with Crippen molar-refractivity contribution in [3.05, 3.63) is 108 Å². The minimum absolute atomic E-state index is 0.267. The summed E-state index contributed by atoms with van der Waals surface area (Å²) in [6.45, 7) is 1.95. The molecule has 4 atom stereocenters. The second-order valence-corrected chi connectivity index (χ2v) is 8.38. The van der Waals surface area contributed by atoms with Crippen molar-refractivity contribution in [2.45, 2.75) is 25.1 Å².